The van der Waals surface area contributed by atoms with Crippen LogP contribution in [0.15, 0.2) is 42.7 Å². The Bertz CT molecular complexity index is 793. The van der Waals surface area contributed by atoms with Crippen LogP contribution in [0.1, 0.15) is 29.8 Å². The topological polar surface area (TPSA) is 89.6 Å². The molecule has 7 nitrogen and oxygen atoms in total. The van der Waals surface area contributed by atoms with Crippen molar-refractivity contribution in [2.24, 2.45) is 5.92 Å². The highest BCUT2D eigenvalue weighted by molar-refractivity contribution is 5.97. The molecule has 1 aromatic heterocycles. The minimum absolute atomic E-state index is 0.0578. The zero-order valence-electron chi connectivity index (χ0n) is 14.7. The van der Waals surface area contributed by atoms with Gasteiger partial charge in [0.05, 0.1) is 0 Å². The number of amides is 2. The molecular formula is C19H21N3O4. The van der Waals surface area contributed by atoms with Gasteiger partial charge in [0.2, 0.25) is 12.7 Å². The molecule has 0 bridgehead atoms. The van der Waals surface area contributed by atoms with Crippen LogP contribution in [-0.2, 0) is 11.3 Å². The van der Waals surface area contributed by atoms with Gasteiger partial charge in [-0.25, -0.2) is 0 Å². The highest BCUT2D eigenvalue weighted by atomic mass is 16.7. The van der Waals surface area contributed by atoms with Crippen molar-refractivity contribution in [3.63, 3.8) is 0 Å². The molecule has 136 valence electrons. The van der Waals surface area contributed by atoms with Crippen LogP contribution < -0.4 is 20.1 Å². The maximum absolute atomic E-state index is 12.6. The van der Waals surface area contributed by atoms with E-state index in [0.29, 0.717) is 23.6 Å². The van der Waals surface area contributed by atoms with E-state index in [1.54, 1.807) is 24.5 Å². The van der Waals surface area contributed by atoms with Crippen LogP contribution >= 0.6 is 0 Å². The van der Waals surface area contributed by atoms with Gasteiger partial charge in [0.15, 0.2) is 11.5 Å². The number of aromatic nitrogens is 1. The van der Waals surface area contributed by atoms with Crippen molar-refractivity contribution in [3.8, 4) is 11.5 Å². The molecule has 0 unspecified atom stereocenters. The molecule has 2 heterocycles. The lowest BCUT2D eigenvalue weighted by Crippen LogP contribution is -2.49. The van der Waals surface area contributed by atoms with Gasteiger partial charge in [0.25, 0.3) is 5.91 Å². The van der Waals surface area contributed by atoms with E-state index in [1.165, 1.54) is 0 Å². The largest absolute Gasteiger partial charge is 0.454 e. The Hall–Kier alpha value is -3.09. The van der Waals surface area contributed by atoms with Crippen LogP contribution in [0.5, 0.6) is 11.5 Å². The molecule has 26 heavy (non-hydrogen) atoms. The first-order chi connectivity index (χ1) is 12.5. The van der Waals surface area contributed by atoms with Gasteiger partial charge in [-0.2, -0.15) is 0 Å². The summed E-state index contributed by atoms with van der Waals surface area (Å²) >= 11 is 0. The lowest BCUT2D eigenvalue weighted by atomic mass is 10.0. The van der Waals surface area contributed by atoms with Gasteiger partial charge in [0.1, 0.15) is 6.04 Å². The van der Waals surface area contributed by atoms with Gasteiger partial charge >= 0.3 is 0 Å². The number of nitrogens with zero attached hydrogens (tertiary/aromatic N) is 1. The quantitative estimate of drug-likeness (QED) is 0.826. The molecule has 0 saturated carbocycles. The molecule has 0 aliphatic carbocycles. The predicted octanol–water partition coefficient (Wildman–Crippen LogP) is 1.88. The van der Waals surface area contributed by atoms with Crippen LogP contribution in [0.4, 0.5) is 0 Å². The fourth-order valence-electron chi connectivity index (χ4n) is 2.61. The number of fused-ring (bicyclic) bond motifs is 1. The summed E-state index contributed by atoms with van der Waals surface area (Å²) in [6.45, 7) is 4.32. The van der Waals surface area contributed by atoms with E-state index in [-0.39, 0.29) is 24.5 Å². The number of nitrogens with one attached hydrogen (secondary N) is 2. The second-order valence-electron chi connectivity index (χ2n) is 6.34. The van der Waals surface area contributed by atoms with Crippen LogP contribution in [0.2, 0.25) is 0 Å². The van der Waals surface area contributed by atoms with Gasteiger partial charge in [0, 0.05) is 24.5 Å². The SMILES string of the molecule is CC(C)[C@@H](NC(=O)c1ccncc1)C(=O)NCc1ccc2c(c1)OCO2. The highest BCUT2D eigenvalue weighted by Crippen LogP contribution is 2.32. The number of hydrogen-bond acceptors (Lipinski definition) is 5. The van der Waals surface area contributed by atoms with Crippen LogP contribution in [-0.4, -0.2) is 29.6 Å². The van der Waals surface area contributed by atoms with E-state index >= 15 is 0 Å². The molecule has 0 fully saturated rings. The van der Waals surface area contributed by atoms with Crippen molar-refractivity contribution in [2.75, 3.05) is 6.79 Å². The van der Waals surface area contributed by atoms with Crippen LogP contribution in [0.3, 0.4) is 0 Å². The molecule has 0 saturated heterocycles. The molecule has 2 amide bonds. The third-order valence-corrected chi connectivity index (χ3v) is 4.08. The number of benzene rings is 1. The summed E-state index contributed by atoms with van der Waals surface area (Å²) in [6.07, 6.45) is 3.08. The minimum Gasteiger partial charge on any atom is -0.454 e. The number of hydrogen-bond donors (Lipinski definition) is 2. The van der Waals surface area contributed by atoms with Gasteiger partial charge in [-0.15, -0.1) is 0 Å². The molecule has 1 atom stereocenters. The van der Waals surface area contributed by atoms with E-state index in [1.807, 2.05) is 32.0 Å². The molecular weight excluding hydrogens is 334 g/mol. The zero-order valence-corrected chi connectivity index (χ0v) is 14.7. The lowest BCUT2D eigenvalue weighted by Gasteiger charge is -2.21. The Morgan fingerprint density at radius 3 is 2.58 bits per heavy atom. The van der Waals surface area contributed by atoms with Gasteiger partial charge in [-0.05, 0) is 35.7 Å². The molecule has 1 aromatic carbocycles. The number of carbonyl (C=O) groups excluding carboxylic acids is 2. The highest BCUT2D eigenvalue weighted by Gasteiger charge is 2.24. The smallest absolute Gasteiger partial charge is 0.252 e. The van der Waals surface area contributed by atoms with Crippen LogP contribution in [0, 0.1) is 5.92 Å². The second kappa shape index (κ2) is 7.86. The van der Waals surface area contributed by atoms with Crippen molar-refractivity contribution in [1.82, 2.24) is 15.6 Å². The number of ether oxygens (including phenoxy) is 2. The van der Waals surface area contributed by atoms with E-state index in [4.69, 9.17) is 9.47 Å². The second-order valence-corrected chi connectivity index (χ2v) is 6.34. The normalized spacial score (nSPS) is 13.3. The van der Waals surface area contributed by atoms with Gasteiger partial charge in [-0.3, -0.25) is 14.6 Å². The standard InChI is InChI=1S/C19H21N3O4/c1-12(2)17(22-18(23)14-5-7-20-8-6-14)19(24)21-10-13-3-4-15-16(9-13)26-11-25-15/h3-9,12,17H,10-11H2,1-2H3,(H,21,24)(H,22,23)/t17-/m1/s1. The van der Waals surface area contributed by atoms with E-state index < -0.39 is 6.04 Å². The average Bonchev–Trinajstić information content (AvgIpc) is 3.12. The molecule has 0 radical (unpaired) electrons. The molecule has 2 aromatic rings. The fraction of sp³-hybridized carbons (Fsp3) is 0.316. The lowest BCUT2D eigenvalue weighted by molar-refractivity contribution is -0.124. The van der Waals surface area contributed by atoms with E-state index in [0.717, 1.165) is 5.56 Å². The summed E-state index contributed by atoms with van der Waals surface area (Å²) in [7, 11) is 0. The third-order valence-electron chi connectivity index (χ3n) is 4.08. The molecule has 7 heteroatoms. The van der Waals surface area contributed by atoms with E-state index in [9.17, 15) is 9.59 Å². The summed E-state index contributed by atoms with van der Waals surface area (Å²) in [5.74, 6) is 0.773. The Kier molecular flexibility index (Phi) is 5.36. The van der Waals surface area contributed by atoms with Crippen molar-refractivity contribution < 1.29 is 19.1 Å². The summed E-state index contributed by atoms with van der Waals surface area (Å²) in [4.78, 5) is 28.8. The van der Waals surface area contributed by atoms with Crippen molar-refractivity contribution in [3.05, 3.63) is 53.9 Å². The molecule has 1 aliphatic rings. The number of rotatable bonds is 6. The first-order valence-electron chi connectivity index (χ1n) is 8.41. The Labute approximate surface area is 151 Å². The molecule has 2 N–H and O–H groups in total. The monoisotopic (exact) mass is 355 g/mol. The summed E-state index contributed by atoms with van der Waals surface area (Å²) in [6, 6.07) is 8.10. The maximum atomic E-state index is 12.6. The Morgan fingerprint density at radius 1 is 1.12 bits per heavy atom. The third kappa shape index (κ3) is 4.11. The van der Waals surface area contributed by atoms with Crippen molar-refractivity contribution >= 4 is 11.8 Å². The molecule has 3 rings (SSSR count). The Morgan fingerprint density at radius 2 is 1.85 bits per heavy atom. The number of pyridine rings is 1. The van der Waals surface area contributed by atoms with Crippen molar-refractivity contribution in [1.29, 1.82) is 0 Å². The average molecular weight is 355 g/mol. The van der Waals surface area contributed by atoms with Crippen molar-refractivity contribution in [2.45, 2.75) is 26.4 Å². The Balaban J connectivity index is 1.61. The van der Waals surface area contributed by atoms with Gasteiger partial charge < -0.3 is 20.1 Å². The minimum atomic E-state index is -0.635. The summed E-state index contributed by atoms with van der Waals surface area (Å²) in [5, 5.41) is 5.65. The maximum Gasteiger partial charge on any atom is 0.252 e. The predicted molar refractivity (Wildman–Crippen MR) is 94.7 cm³/mol. The van der Waals surface area contributed by atoms with Crippen LogP contribution in [0.25, 0.3) is 0 Å². The molecule has 0 spiro atoms. The number of carbonyl (C=O) groups is 2. The first kappa shape index (κ1) is 17.7. The fourth-order valence-corrected chi connectivity index (χ4v) is 2.61. The first-order valence-corrected chi connectivity index (χ1v) is 8.41. The van der Waals surface area contributed by atoms with E-state index in [2.05, 4.69) is 15.6 Å². The molecule has 1 aliphatic heterocycles. The zero-order chi connectivity index (χ0) is 18.5. The van der Waals surface area contributed by atoms with Gasteiger partial charge in [-0.1, -0.05) is 19.9 Å². The summed E-state index contributed by atoms with van der Waals surface area (Å²) < 4.78 is 10.6. The summed E-state index contributed by atoms with van der Waals surface area (Å²) in [5.41, 5.74) is 1.36.